The molecular formula is C12H18O4. The maximum Gasteiger partial charge on any atom is 0.167 e. The highest BCUT2D eigenvalue weighted by Gasteiger charge is 2.17. The van der Waals surface area contributed by atoms with E-state index in [9.17, 15) is 0 Å². The number of aliphatic hydroxyl groups is 1. The van der Waals surface area contributed by atoms with Gasteiger partial charge in [-0.3, -0.25) is 0 Å². The van der Waals surface area contributed by atoms with Crippen LogP contribution in [0.5, 0.6) is 17.2 Å². The second-order valence-electron chi connectivity index (χ2n) is 3.40. The highest BCUT2D eigenvalue weighted by molar-refractivity contribution is 5.57. The summed E-state index contributed by atoms with van der Waals surface area (Å²) in [5, 5.41) is 9.00. The molecule has 0 radical (unpaired) electrons. The van der Waals surface area contributed by atoms with Crippen molar-refractivity contribution >= 4 is 0 Å². The maximum atomic E-state index is 9.00. The van der Waals surface area contributed by atoms with Crippen molar-refractivity contribution < 1.29 is 19.3 Å². The molecule has 0 saturated heterocycles. The minimum absolute atomic E-state index is 0.0612. The first-order chi connectivity index (χ1) is 7.69. The third kappa shape index (κ3) is 2.22. The lowest BCUT2D eigenvalue weighted by atomic mass is 10.1. The zero-order valence-corrected chi connectivity index (χ0v) is 10.2. The number of hydrogen-bond acceptors (Lipinski definition) is 4. The SMILES string of the molecule is COc1cc(CCO)c(OC)c(OC)c1C. The number of ether oxygens (including phenoxy) is 3. The lowest BCUT2D eigenvalue weighted by Crippen LogP contribution is -2.02. The number of benzene rings is 1. The number of hydrogen-bond donors (Lipinski definition) is 1. The average molecular weight is 226 g/mol. The Morgan fingerprint density at radius 1 is 1.06 bits per heavy atom. The molecule has 16 heavy (non-hydrogen) atoms. The molecule has 1 aromatic carbocycles. The highest BCUT2D eigenvalue weighted by Crippen LogP contribution is 2.40. The van der Waals surface area contributed by atoms with Crippen LogP contribution in [0, 0.1) is 6.92 Å². The van der Waals surface area contributed by atoms with Gasteiger partial charge in [-0.05, 0) is 19.4 Å². The van der Waals surface area contributed by atoms with Crippen LogP contribution in [-0.4, -0.2) is 33.0 Å². The highest BCUT2D eigenvalue weighted by atomic mass is 16.5. The second-order valence-corrected chi connectivity index (χ2v) is 3.40. The Balaban J connectivity index is 3.37. The fourth-order valence-electron chi connectivity index (χ4n) is 1.75. The zero-order valence-electron chi connectivity index (χ0n) is 10.2. The van der Waals surface area contributed by atoms with Crippen LogP contribution in [0.3, 0.4) is 0 Å². The maximum absolute atomic E-state index is 9.00. The molecule has 0 aliphatic heterocycles. The van der Waals surface area contributed by atoms with Crippen LogP contribution in [0.25, 0.3) is 0 Å². The van der Waals surface area contributed by atoms with Gasteiger partial charge in [0, 0.05) is 17.7 Å². The fourth-order valence-corrected chi connectivity index (χ4v) is 1.75. The first-order valence-electron chi connectivity index (χ1n) is 5.08. The number of methoxy groups -OCH3 is 3. The Kier molecular flexibility index (Phi) is 4.43. The van der Waals surface area contributed by atoms with Crippen molar-refractivity contribution in [3.05, 3.63) is 17.2 Å². The van der Waals surface area contributed by atoms with Gasteiger partial charge >= 0.3 is 0 Å². The third-order valence-corrected chi connectivity index (χ3v) is 2.52. The van der Waals surface area contributed by atoms with Crippen LogP contribution < -0.4 is 14.2 Å². The van der Waals surface area contributed by atoms with E-state index >= 15 is 0 Å². The molecule has 0 bridgehead atoms. The van der Waals surface area contributed by atoms with E-state index in [4.69, 9.17) is 19.3 Å². The first-order valence-corrected chi connectivity index (χ1v) is 5.08. The van der Waals surface area contributed by atoms with Crippen molar-refractivity contribution in [1.82, 2.24) is 0 Å². The van der Waals surface area contributed by atoms with E-state index < -0.39 is 0 Å². The van der Waals surface area contributed by atoms with Gasteiger partial charge in [0.05, 0.1) is 21.3 Å². The van der Waals surface area contributed by atoms with Crippen molar-refractivity contribution in [2.75, 3.05) is 27.9 Å². The van der Waals surface area contributed by atoms with Crippen LogP contribution in [-0.2, 0) is 6.42 Å². The quantitative estimate of drug-likeness (QED) is 0.827. The summed E-state index contributed by atoms with van der Waals surface area (Å²) in [6.07, 6.45) is 0.510. The minimum atomic E-state index is 0.0612. The molecule has 0 fully saturated rings. The molecule has 0 aliphatic rings. The summed E-state index contributed by atoms with van der Waals surface area (Å²) in [6.45, 7) is 1.97. The van der Waals surface area contributed by atoms with E-state index in [1.54, 1.807) is 21.3 Å². The molecule has 1 aromatic rings. The minimum Gasteiger partial charge on any atom is -0.496 e. The molecule has 0 aromatic heterocycles. The van der Waals surface area contributed by atoms with Crippen LogP contribution in [0.15, 0.2) is 6.07 Å². The summed E-state index contributed by atoms with van der Waals surface area (Å²) in [5.41, 5.74) is 1.77. The Bertz CT molecular complexity index is 361. The van der Waals surface area contributed by atoms with Gasteiger partial charge in [-0.25, -0.2) is 0 Å². The first kappa shape index (κ1) is 12.6. The lowest BCUT2D eigenvalue weighted by molar-refractivity contribution is 0.293. The summed E-state index contributed by atoms with van der Waals surface area (Å²) < 4.78 is 15.9. The van der Waals surface area contributed by atoms with Crippen LogP contribution >= 0.6 is 0 Å². The summed E-state index contributed by atoms with van der Waals surface area (Å²) in [4.78, 5) is 0. The molecule has 90 valence electrons. The van der Waals surface area contributed by atoms with E-state index in [0.29, 0.717) is 17.9 Å². The molecule has 0 unspecified atom stereocenters. The molecular weight excluding hydrogens is 208 g/mol. The molecule has 1 rings (SSSR count). The Morgan fingerprint density at radius 3 is 2.12 bits per heavy atom. The molecule has 0 amide bonds. The van der Waals surface area contributed by atoms with Crippen molar-refractivity contribution in [1.29, 1.82) is 0 Å². The van der Waals surface area contributed by atoms with Gasteiger partial charge in [0.25, 0.3) is 0 Å². The van der Waals surface area contributed by atoms with E-state index in [0.717, 1.165) is 16.9 Å². The monoisotopic (exact) mass is 226 g/mol. The van der Waals surface area contributed by atoms with E-state index in [2.05, 4.69) is 0 Å². The predicted molar refractivity (Wildman–Crippen MR) is 61.6 cm³/mol. The van der Waals surface area contributed by atoms with Crippen molar-refractivity contribution in [3.8, 4) is 17.2 Å². The van der Waals surface area contributed by atoms with Gasteiger partial charge < -0.3 is 19.3 Å². The lowest BCUT2D eigenvalue weighted by Gasteiger charge is -2.17. The van der Waals surface area contributed by atoms with Gasteiger partial charge in [-0.1, -0.05) is 0 Å². The summed E-state index contributed by atoms with van der Waals surface area (Å²) in [5.74, 6) is 2.06. The fraction of sp³-hybridized carbons (Fsp3) is 0.500. The van der Waals surface area contributed by atoms with Gasteiger partial charge in [0.2, 0.25) is 0 Å². The number of aliphatic hydroxyl groups excluding tert-OH is 1. The Morgan fingerprint density at radius 2 is 1.69 bits per heavy atom. The second kappa shape index (κ2) is 5.61. The number of rotatable bonds is 5. The zero-order chi connectivity index (χ0) is 12.1. The Labute approximate surface area is 95.8 Å². The normalized spacial score (nSPS) is 10.1. The molecule has 1 N–H and O–H groups in total. The summed E-state index contributed by atoms with van der Waals surface area (Å²) in [7, 11) is 4.79. The third-order valence-electron chi connectivity index (χ3n) is 2.52. The van der Waals surface area contributed by atoms with Crippen LogP contribution in [0.4, 0.5) is 0 Å². The topological polar surface area (TPSA) is 47.9 Å². The van der Waals surface area contributed by atoms with E-state index in [-0.39, 0.29) is 6.61 Å². The summed E-state index contributed by atoms with van der Waals surface area (Å²) in [6, 6.07) is 1.87. The van der Waals surface area contributed by atoms with Crippen molar-refractivity contribution in [3.63, 3.8) is 0 Å². The smallest absolute Gasteiger partial charge is 0.167 e. The standard InChI is InChI=1S/C12H18O4/c1-8-10(14-2)7-9(5-6-13)12(16-4)11(8)15-3/h7,13H,5-6H2,1-4H3. The predicted octanol–water partition coefficient (Wildman–Crippen LogP) is 1.56. The molecule has 0 aliphatic carbocycles. The van der Waals surface area contributed by atoms with Crippen LogP contribution in [0.2, 0.25) is 0 Å². The molecule has 0 atom stereocenters. The van der Waals surface area contributed by atoms with Gasteiger partial charge in [-0.15, -0.1) is 0 Å². The molecule has 0 spiro atoms. The molecule has 0 saturated carbocycles. The van der Waals surface area contributed by atoms with Gasteiger partial charge in [-0.2, -0.15) is 0 Å². The molecule has 0 heterocycles. The average Bonchev–Trinajstić information content (AvgIpc) is 2.30. The Hall–Kier alpha value is -1.42. The van der Waals surface area contributed by atoms with Crippen LogP contribution in [0.1, 0.15) is 11.1 Å². The van der Waals surface area contributed by atoms with Gasteiger partial charge in [0.1, 0.15) is 5.75 Å². The summed E-state index contributed by atoms with van der Waals surface area (Å²) >= 11 is 0. The van der Waals surface area contributed by atoms with Gasteiger partial charge in [0.15, 0.2) is 11.5 Å². The largest absolute Gasteiger partial charge is 0.496 e. The van der Waals surface area contributed by atoms with E-state index in [1.807, 2.05) is 13.0 Å². The van der Waals surface area contributed by atoms with Crippen molar-refractivity contribution in [2.24, 2.45) is 0 Å². The molecule has 4 nitrogen and oxygen atoms in total. The molecule has 4 heteroatoms. The van der Waals surface area contributed by atoms with Crippen molar-refractivity contribution in [2.45, 2.75) is 13.3 Å². The van der Waals surface area contributed by atoms with E-state index in [1.165, 1.54) is 0 Å².